The minimum Gasteiger partial charge on any atom is -0.341 e. The van der Waals surface area contributed by atoms with E-state index in [1.54, 1.807) is 13.1 Å². The molecule has 1 amide bonds. The molecule has 0 radical (unpaired) electrons. The number of benzene rings is 2. The van der Waals surface area contributed by atoms with Gasteiger partial charge in [0.1, 0.15) is 5.82 Å². The quantitative estimate of drug-likeness (QED) is 0.619. The van der Waals surface area contributed by atoms with Gasteiger partial charge in [-0.2, -0.15) is 0 Å². The number of non-ortho nitro benzene ring substituents is 1. The van der Waals surface area contributed by atoms with E-state index in [2.05, 4.69) is 0 Å². The molecule has 0 aliphatic carbocycles. The summed E-state index contributed by atoms with van der Waals surface area (Å²) >= 11 is 5.94. The van der Waals surface area contributed by atoms with E-state index in [-0.39, 0.29) is 35.1 Å². The van der Waals surface area contributed by atoms with Crippen LogP contribution in [0.1, 0.15) is 11.1 Å². The second-order valence-electron chi connectivity index (χ2n) is 5.05. The van der Waals surface area contributed by atoms with Crippen molar-refractivity contribution in [2.45, 2.75) is 13.0 Å². The van der Waals surface area contributed by atoms with E-state index in [9.17, 15) is 19.3 Å². The Morgan fingerprint density at radius 1 is 1.26 bits per heavy atom. The molecule has 0 fully saturated rings. The van der Waals surface area contributed by atoms with Crippen LogP contribution in [0.15, 0.2) is 42.5 Å². The van der Waals surface area contributed by atoms with Gasteiger partial charge in [-0.3, -0.25) is 14.9 Å². The van der Waals surface area contributed by atoms with Crippen molar-refractivity contribution in [1.82, 2.24) is 4.90 Å². The Bertz CT molecular complexity index is 714. The van der Waals surface area contributed by atoms with Gasteiger partial charge in [0.15, 0.2) is 0 Å². The third-order valence-corrected chi connectivity index (χ3v) is 3.74. The van der Waals surface area contributed by atoms with Crippen molar-refractivity contribution in [3.05, 3.63) is 74.5 Å². The second kappa shape index (κ2) is 7.19. The molecule has 0 saturated carbocycles. The van der Waals surface area contributed by atoms with E-state index in [1.165, 1.54) is 41.3 Å². The summed E-state index contributed by atoms with van der Waals surface area (Å²) in [5.41, 5.74) is 0.869. The number of nitro groups is 1. The zero-order valence-electron chi connectivity index (χ0n) is 12.3. The molecule has 2 aromatic carbocycles. The maximum Gasteiger partial charge on any atom is 0.269 e. The summed E-state index contributed by atoms with van der Waals surface area (Å²) in [6.45, 7) is 0.0529. The topological polar surface area (TPSA) is 63.5 Å². The van der Waals surface area contributed by atoms with Crippen molar-refractivity contribution < 1.29 is 14.1 Å². The van der Waals surface area contributed by atoms with Gasteiger partial charge in [0, 0.05) is 36.3 Å². The molecule has 120 valence electrons. The van der Waals surface area contributed by atoms with Crippen LogP contribution in [0, 0.1) is 15.9 Å². The predicted molar refractivity (Wildman–Crippen MR) is 84.7 cm³/mol. The summed E-state index contributed by atoms with van der Waals surface area (Å²) in [4.78, 5) is 23.6. The molecule has 7 heteroatoms. The van der Waals surface area contributed by atoms with Gasteiger partial charge in [-0.1, -0.05) is 29.8 Å². The van der Waals surface area contributed by atoms with Gasteiger partial charge in [-0.15, -0.1) is 0 Å². The van der Waals surface area contributed by atoms with Crippen LogP contribution in [0.2, 0.25) is 5.02 Å². The highest BCUT2D eigenvalue weighted by Crippen LogP contribution is 2.21. The Morgan fingerprint density at radius 3 is 2.48 bits per heavy atom. The molecule has 2 rings (SSSR count). The Kier molecular flexibility index (Phi) is 5.28. The number of halogens is 2. The van der Waals surface area contributed by atoms with Crippen LogP contribution in [-0.4, -0.2) is 22.8 Å². The van der Waals surface area contributed by atoms with Crippen molar-refractivity contribution in [3.8, 4) is 0 Å². The standard InChI is InChI=1S/C16H14ClFN2O3/c1-19(10-13-14(17)3-2-4-15(13)18)16(21)9-11-5-7-12(8-6-11)20(22)23/h2-8H,9-10H2,1H3. The average Bonchev–Trinajstić information content (AvgIpc) is 2.51. The van der Waals surface area contributed by atoms with Crippen molar-refractivity contribution >= 4 is 23.2 Å². The van der Waals surface area contributed by atoms with Crippen molar-refractivity contribution in [1.29, 1.82) is 0 Å². The molecule has 0 aromatic heterocycles. The molecule has 0 unspecified atom stereocenters. The Balaban J connectivity index is 2.04. The first kappa shape index (κ1) is 16.9. The molecular formula is C16H14ClFN2O3. The largest absolute Gasteiger partial charge is 0.341 e. The van der Waals surface area contributed by atoms with E-state index in [4.69, 9.17) is 11.6 Å². The Hall–Kier alpha value is -2.47. The first-order chi connectivity index (χ1) is 10.9. The molecule has 0 aliphatic heterocycles. The van der Waals surface area contributed by atoms with Crippen LogP contribution < -0.4 is 0 Å². The van der Waals surface area contributed by atoms with Crippen LogP contribution in [0.3, 0.4) is 0 Å². The van der Waals surface area contributed by atoms with Crippen LogP contribution in [-0.2, 0) is 17.8 Å². The molecule has 23 heavy (non-hydrogen) atoms. The Morgan fingerprint density at radius 2 is 1.91 bits per heavy atom. The second-order valence-corrected chi connectivity index (χ2v) is 5.46. The maximum atomic E-state index is 13.7. The number of rotatable bonds is 5. The van der Waals surface area contributed by atoms with Gasteiger partial charge in [0.25, 0.3) is 5.69 Å². The summed E-state index contributed by atoms with van der Waals surface area (Å²) < 4.78 is 13.7. The van der Waals surface area contributed by atoms with E-state index >= 15 is 0 Å². The highest BCUT2D eigenvalue weighted by atomic mass is 35.5. The summed E-state index contributed by atoms with van der Waals surface area (Å²) in [5.74, 6) is -0.703. The van der Waals surface area contributed by atoms with Crippen LogP contribution in [0.4, 0.5) is 10.1 Å². The molecule has 5 nitrogen and oxygen atoms in total. The summed E-state index contributed by atoms with van der Waals surface area (Å²) in [5, 5.41) is 10.9. The first-order valence-electron chi connectivity index (χ1n) is 6.78. The van der Waals surface area contributed by atoms with Crippen LogP contribution in [0.5, 0.6) is 0 Å². The lowest BCUT2D eigenvalue weighted by Gasteiger charge is -2.18. The molecule has 0 spiro atoms. The number of carbonyl (C=O) groups is 1. The average molecular weight is 337 g/mol. The van der Waals surface area contributed by atoms with Crippen molar-refractivity contribution in [2.24, 2.45) is 0 Å². The lowest BCUT2D eigenvalue weighted by molar-refractivity contribution is -0.384. The summed E-state index contributed by atoms with van der Waals surface area (Å²) in [6.07, 6.45) is 0.0700. The summed E-state index contributed by atoms with van der Waals surface area (Å²) in [7, 11) is 1.55. The molecule has 2 aromatic rings. The molecular weight excluding hydrogens is 323 g/mol. The minimum atomic E-state index is -0.502. The number of nitro benzene ring substituents is 1. The third-order valence-electron chi connectivity index (χ3n) is 3.39. The van der Waals surface area contributed by atoms with Gasteiger partial charge < -0.3 is 4.90 Å². The number of amides is 1. The number of likely N-dealkylation sites (N-methyl/N-ethyl adjacent to an activating group) is 1. The molecule has 0 atom stereocenters. The monoisotopic (exact) mass is 336 g/mol. The predicted octanol–water partition coefficient (Wildman–Crippen LogP) is 3.59. The number of hydrogen-bond donors (Lipinski definition) is 0. The van der Waals surface area contributed by atoms with Gasteiger partial charge in [0.2, 0.25) is 5.91 Å². The van der Waals surface area contributed by atoms with Gasteiger partial charge >= 0.3 is 0 Å². The SMILES string of the molecule is CN(Cc1c(F)cccc1Cl)C(=O)Cc1ccc([N+](=O)[O-])cc1. The molecule has 0 heterocycles. The van der Waals surface area contributed by atoms with E-state index in [1.807, 2.05) is 0 Å². The maximum absolute atomic E-state index is 13.7. The van der Waals surface area contributed by atoms with Crippen LogP contribution >= 0.6 is 11.6 Å². The minimum absolute atomic E-state index is 0.0345. The van der Waals surface area contributed by atoms with E-state index in [0.717, 1.165) is 0 Å². The number of nitrogens with zero attached hydrogens (tertiary/aromatic N) is 2. The normalized spacial score (nSPS) is 10.4. The number of carbonyl (C=O) groups excluding carboxylic acids is 1. The Labute approximate surface area is 137 Å². The van der Waals surface area contributed by atoms with Crippen LogP contribution in [0.25, 0.3) is 0 Å². The fraction of sp³-hybridized carbons (Fsp3) is 0.188. The molecule has 0 N–H and O–H groups in total. The number of hydrogen-bond acceptors (Lipinski definition) is 3. The third kappa shape index (κ3) is 4.26. The zero-order valence-corrected chi connectivity index (χ0v) is 13.1. The molecule has 0 bridgehead atoms. The highest BCUT2D eigenvalue weighted by molar-refractivity contribution is 6.31. The lowest BCUT2D eigenvalue weighted by atomic mass is 10.1. The van der Waals surface area contributed by atoms with Crippen molar-refractivity contribution in [2.75, 3.05) is 7.05 Å². The zero-order chi connectivity index (χ0) is 17.0. The van der Waals surface area contributed by atoms with E-state index < -0.39 is 10.7 Å². The summed E-state index contributed by atoms with van der Waals surface area (Å²) in [6, 6.07) is 10.1. The molecule has 0 aliphatic rings. The smallest absolute Gasteiger partial charge is 0.269 e. The van der Waals surface area contributed by atoms with Gasteiger partial charge in [0.05, 0.1) is 11.3 Å². The van der Waals surface area contributed by atoms with Gasteiger partial charge in [-0.25, -0.2) is 4.39 Å². The highest BCUT2D eigenvalue weighted by Gasteiger charge is 2.15. The fourth-order valence-electron chi connectivity index (χ4n) is 2.05. The van der Waals surface area contributed by atoms with Gasteiger partial charge in [-0.05, 0) is 17.7 Å². The van der Waals surface area contributed by atoms with Crippen molar-refractivity contribution in [3.63, 3.8) is 0 Å². The van der Waals surface area contributed by atoms with E-state index in [0.29, 0.717) is 5.56 Å². The first-order valence-corrected chi connectivity index (χ1v) is 7.16. The molecule has 0 saturated heterocycles. The lowest BCUT2D eigenvalue weighted by Crippen LogP contribution is -2.28. The fourth-order valence-corrected chi connectivity index (χ4v) is 2.28.